The van der Waals surface area contributed by atoms with E-state index in [1.54, 1.807) is 32.6 Å². The van der Waals surface area contributed by atoms with Gasteiger partial charge in [0.25, 0.3) is 0 Å². The normalized spacial score (nSPS) is 12.8. The second kappa shape index (κ2) is 6.69. The lowest BCUT2D eigenvalue weighted by molar-refractivity contribution is 0.414. The van der Waals surface area contributed by atoms with Crippen molar-refractivity contribution in [3.63, 3.8) is 0 Å². The minimum absolute atomic E-state index is 0.186. The van der Waals surface area contributed by atoms with Crippen LogP contribution in [-0.2, 0) is 7.05 Å². The van der Waals surface area contributed by atoms with Crippen LogP contribution < -0.4 is 16.2 Å². The smallest absolute Gasteiger partial charge is 0.333 e. The Hall–Kier alpha value is -4.14. The number of allylic oxidation sites excluding steroid dienone is 1. The van der Waals surface area contributed by atoms with Gasteiger partial charge in [-0.1, -0.05) is 0 Å². The predicted molar refractivity (Wildman–Crippen MR) is 118 cm³/mol. The van der Waals surface area contributed by atoms with Crippen LogP contribution in [0.5, 0.6) is 5.75 Å². The number of methoxy groups -OCH3 is 1. The van der Waals surface area contributed by atoms with E-state index in [0.717, 1.165) is 0 Å². The molecule has 0 aliphatic rings. The maximum Gasteiger partial charge on any atom is 0.333 e. The van der Waals surface area contributed by atoms with Crippen molar-refractivity contribution in [1.82, 2.24) is 14.0 Å². The topological polar surface area (TPSA) is 100 Å². The van der Waals surface area contributed by atoms with Gasteiger partial charge in [0.05, 0.1) is 46.3 Å². The second-order valence-corrected chi connectivity index (χ2v) is 7.07. The lowest BCUT2D eigenvalue weighted by atomic mass is 10.0. The quantitative estimate of drug-likeness (QED) is 0.453. The zero-order chi connectivity index (χ0) is 21.9. The molecule has 5 aromatic rings. The van der Waals surface area contributed by atoms with Crippen LogP contribution in [0.4, 0.5) is 4.39 Å². The average molecular weight is 419 g/mol. The van der Waals surface area contributed by atoms with Crippen molar-refractivity contribution in [1.29, 1.82) is 0 Å². The van der Waals surface area contributed by atoms with Gasteiger partial charge in [-0.2, -0.15) is 0 Å². The molecule has 2 N–H and O–H groups in total. The molecule has 156 valence electrons. The van der Waals surface area contributed by atoms with Gasteiger partial charge in [-0.3, -0.25) is 18.9 Å². The fourth-order valence-electron chi connectivity index (χ4n) is 4.05. The van der Waals surface area contributed by atoms with E-state index in [0.29, 0.717) is 49.9 Å². The van der Waals surface area contributed by atoms with Crippen LogP contribution in [-0.4, -0.2) is 34.3 Å². The number of imidazole rings is 1. The third-order valence-electron chi connectivity index (χ3n) is 5.42. The molecule has 0 amide bonds. The molecule has 0 saturated heterocycles. The summed E-state index contributed by atoms with van der Waals surface area (Å²) < 4.78 is 29.1. The van der Waals surface area contributed by atoms with E-state index in [-0.39, 0.29) is 11.3 Å². The number of aliphatic imine (C=N–C) groups is 1. The standard InChI is InChI=1S/C22H18FN5O3/c1-25-9-11(8-24)18-17(30-3)7-13-19-20-15(10-26-13)27(2)22(29)28(20)14-5-4-12(23)6-16(14)31-21(18)19/h4-10H,24H2,1-3H3. The lowest BCUT2D eigenvalue weighted by Crippen LogP contribution is -2.17. The molecule has 5 rings (SSSR count). The van der Waals surface area contributed by atoms with E-state index in [1.807, 2.05) is 0 Å². The zero-order valence-corrected chi connectivity index (χ0v) is 17.0. The predicted octanol–water partition coefficient (Wildman–Crippen LogP) is 3.23. The van der Waals surface area contributed by atoms with Gasteiger partial charge >= 0.3 is 5.69 Å². The Balaban J connectivity index is 2.22. The molecule has 2 aromatic carbocycles. The van der Waals surface area contributed by atoms with Crippen LogP contribution in [0.25, 0.3) is 44.2 Å². The summed E-state index contributed by atoms with van der Waals surface area (Å²) in [5.74, 6) is -0.0379. The summed E-state index contributed by atoms with van der Waals surface area (Å²) >= 11 is 0. The number of hydrogen-bond donors (Lipinski definition) is 1. The third kappa shape index (κ3) is 2.49. The van der Waals surface area contributed by atoms with E-state index in [4.69, 9.17) is 14.9 Å². The highest BCUT2D eigenvalue weighted by Crippen LogP contribution is 2.39. The fourth-order valence-corrected chi connectivity index (χ4v) is 4.05. The number of ether oxygens (including phenoxy) is 1. The van der Waals surface area contributed by atoms with Gasteiger partial charge < -0.3 is 14.9 Å². The Labute approximate surface area is 174 Å². The van der Waals surface area contributed by atoms with Crippen molar-refractivity contribution in [2.24, 2.45) is 17.8 Å². The van der Waals surface area contributed by atoms with E-state index >= 15 is 0 Å². The molecule has 0 fully saturated rings. The maximum atomic E-state index is 14.2. The summed E-state index contributed by atoms with van der Waals surface area (Å²) in [6.45, 7) is 0. The number of rotatable bonds is 3. The first-order valence-electron chi connectivity index (χ1n) is 9.43. The van der Waals surface area contributed by atoms with Gasteiger partial charge in [0.15, 0.2) is 11.2 Å². The van der Waals surface area contributed by atoms with Gasteiger partial charge in [0, 0.05) is 44.2 Å². The highest BCUT2D eigenvalue weighted by Gasteiger charge is 2.23. The Bertz CT molecular complexity index is 1640. The molecule has 0 aliphatic heterocycles. The largest absolute Gasteiger partial charge is 0.496 e. The van der Waals surface area contributed by atoms with Crippen LogP contribution in [0.3, 0.4) is 0 Å². The molecule has 31 heavy (non-hydrogen) atoms. The number of nitrogens with two attached hydrogens (primary N) is 1. The molecular weight excluding hydrogens is 401 g/mol. The number of nitrogens with zero attached hydrogens (tertiary/aromatic N) is 4. The molecule has 0 saturated carbocycles. The van der Waals surface area contributed by atoms with E-state index in [9.17, 15) is 9.18 Å². The number of halogens is 1. The summed E-state index contributed by atoms with van der Waals surface area (Å²) in [7, 11) is 4.81. The Morgan fingerprint density at radius 1 is 1.32 bits per heavy atom. The molecule has 0 bridgehead atoms. The highest BCUT2D eigenvalue weighted by atomic mass is 19.1. The first-order valence-corrected chi connectivity index (χ1v) is 9.43. The van der Waals surface area contributed by atoms with Crippen LogP contribution >= 0.6 is 0 Å². The Kier molecular flexibility index (Phi) is 4.07. The molecule has 9 heteroatoms. The SMILES string of the molecule is CN=CC(=CN)c1c(OC)cc2ncc3c4c2c1oc1cc(F)ccc1n4c(=O)n3C. The van der Waals surface area contributed by atoms with Gasteiger partial charge in [-0.15, -0.1) is 0 Å². The molecule has 0 spiro atoms. The summed E-state index contributed by atoms with van der Waals surface area (Å²) in [5.41, 5.74) is 9.40. The molecule has 0 atom stereocenters. The van der Waals surface area contributed by atoms with Gasteiger partial charge in [0.2, 0.25) is 0 Å². The van der Waals surface area contributed by atoms with Gasteiger partial charge in [-0.05, 0) is 12.1 Å². The monoisotopic (exact) mass is 419 g/mol. The van der Waals surface area contributed by atoms with Crippen LogP contribution in [0, 0.1) is 5.82 Å². The van der Waals surface area contributed by atoms with Crippen LogP contribution in [0.1, 0.15) is 5.56 Å². The molecule has 3 heterocycles. The molecule has 0 radical (unpaired) electrons. The minimum atomic E-state index is -0.492. The molecular formula is C22H18FN5O3. The number of hydrogen-bond acceptors (Lipinski definition) is 6. The number of aryl methyl sites for hydroxylation is 1. The number of pyridine rings is 1. The maximum absolute atomic E-state index is 14.2. The number of aromatic nitrogens is 3. The van der Waals surface area contributed by atoms with Crippen molar-refractivity contribution in [3.8, 4) is 5.75 Å². The molecule has 3 aromatic heterocycles. The number of benzene rings is 2. The summed E-state index contributed by atoms with van der Waals surface area (Å²) in [6.07, 6.45) is 4.59. The molecule has 0 unspecified atom stereocenters. The van der Waals surface area contributed by atoms with Gasteiger partial charge in [0.1, 0.15) is 11.6 Å². The molecule has 0 aliphatic carbocycles. The van der Waals surface area contributed by atoms with E-state index < -0.39 is 5.82 Å². The third-order valence-corrected chi connectivity index (χ3v) is 5.42. The fraction of sp³-hybridized carbons (Fsp3) is 0.136. The average Bonchev–Trinajstić information content (AvgIpc) is 2.92. The molecule has 8 nitrogen and oxygen atoms in total. The summed E-state index contributed by atoms with van der Waals surface area (Å²) in [6, 6.07) is 5.81. The zero-order valence-electron chi connectivity index (χ0n) is 17.0. The minimum Gasteiger partial charge on any atom is -0.496 e. The summed E-state index contributed by atoms with van der Waals surface area (Å²) in [5, 5.41) is 0.589. The van der Waals surface area contributed by atoms with Crippen LogP contribution in [0.15, 0.2) is 50.9 Å². The first kappa shape index (κ1) is 18.9. The van der Waals surface area contributed by atoms with Crippen molar-refractivity contribution in [2.45, 2.75) is 0 Å². The summed E-state index contributed by atoms with van der Waals surface area (Å²) in [4.78, 5) is 21.8. The van der Waals surface area contributed by atoms with Crippen molar-refractivity contribution in [3.05, 3.63) is 58.5 Å². The van der Waals surface area contributed by atoms with Gasteiger partial charge in [-0.25, -0.2) is 9.18 Å². The van der Waals surface area contributed by atoms with Crippen molar-refractivity contribution >= 4 is 50.4 Å². The number of fused-ring (bicyclic) bond motifs is 2. The highest BCUT2D eigenvalue weighted by molar-refractivity contribution is 6.21. The van der Waals surface area contributed by atoms with E-state index in [1.165, 1.54) is 40.5 Å². The van der Waals surface area contributed by atoms with E-state index in [2.05, 4.69) is 9.98 Å². The van der Waals surface area contributed by atoms with Crippen molar-refractivity contribution < 1.29 is 13.5 Å². The Morgan fingerprint density at radius 2 is 2.13 bits per heavy atom. The Morgan fingerprint density at radius 3 is 2.84 bits per heavy atom. The van der Waals surface area contributed by atoms with Crippen molar-refractivity contribution in [2.75, 3.05) is 14.2 Å². The lowest BCUT2D eigenvalue weighted by Gasteiger charge is -2.12. The first-order chi connectivity index (χ1) is 15.0. The van der Waals surface area contributed by atoms with Crippen LogP contribution in [0.2, 0.25) is 0 Å². The second-order valence-electron chi connectivity index (χ2n) is 7.07.